The second kappa shape index (κ2) is 4.53. The molecule has 1 aromatic carbocycles. The number of nitrogens with one attached hydrogen (secondary N) is 3. The number of hydrazine groups is 2. The molecule has 0 amide bonds. The molecular formula is C7H10N4S. The van der Waals surface area contributed by atoms with Gasteiger partial charge < -0.3 is 0 Å². The lowest BCUT2D eigenvalue weighted by molar-refractivity contribution is 0.965. The third kappa shape index (κ3) is 2.73. The molecule has 5 N–H and O–H groups in total. The summed E-state index contributed by atoms with van der Waals surface area (Å²) in [6.45, 7) is 0. The van der Waals surface area contributed by atoms with Crippen molar-refractivity contribution in [1.82, 2.24) is 10.9 Å². The smallest absolute Gasteiger partial charge is 0.199 e. The number of anilines is 1. The maximum absolute atomic E-state index is 5.04. The van der Waals surface area contributed by atoms with E-state index in [9.17, 15) is 0 Å². The van der Waals surface area contributed by atoms with E-state index in [0.29, 0.717) is 5.11 Å². The van der Waals surface area contributed by atoms with Crippen LogP contribution in [0.4, 0.5) is 5.69 Å². The van der Waals surface area contributed by atoms with Crippen molar-refractivity contribution in [2.45, 2.75) is 0 Å². The van der Waals surface area contributed by atoms with E-state index in [-0.39, 0.29) is 0 Å². The van der Waals surface area contributed by atoms with Crippen LogP contribution in [0.2, 0.25) is 0 Å². The van der Waals surface area contributed by atoms with Crippen LogP contribution < -0.4 is 22.1 Å². The van der Waals surface area contributed by atoms with E-state index >= 15 is 0 Å². The fraction of sp³-hybridized carbons (Fsp3) is 0. The van der Waals surface area contributed by atoms with Crippen LogP contribution >= 0.6 is 12.2 Å². The molecule has 0 aromatic heterocycles. The molecule has 12 heavy (non-hydrogen) atoms. The van der Waals surface area contributed by atoms with Crippen LogP contribution in [-0.4, -0.2) is 5.11 Å². The number of rotatable bonds is 2. The summed E-state index contributed by atoms with van der Waals surface area (Å²) in [5, 5.41) is 0.346. The quantitative estimate of drug-likeness (QED) is 0.302. The SMILES string of the molecule is NNC(=S)NNc1ccccc1. The molecule has 0 heterocycles. The Morgan fingerprint density at radius 2 is 1.92 bits per heavy atom. The first-order valence-electron chi connectivity index (χ1n) is 3.40. The van der Waals surface area contributed by atoms with Gasteiger partial charge in [-0.15, -0.1) is 0 Å². The van der Waals surface area contributed by atoms with Crippen molar-refractivity contribution in [3.8, 4) is 0 Å². The van der Waals surface area contributed by atoms with Crippen LogP contribution in [-0.2, 0) is 0 Å². The molecule has 5 heteroatoms. The van der Waals surface area contributed by atoms with Crippen LogP contribution in [0.15, 0.2) is 30.3 Å². The van der Waals surface area contributed by atoms with E-state index < -0.39 is 0 Å². The van der Waals surface area contributed by atoms with Crippen molar-refractivity contribution >= 4 is 23.0 Å². The van der Waals surface area contributed by atoms with Crippen molar-refractivity contribution in [2.24, 2.45) is 5.84 Å². The summed E-state index contributed by atoms with van der Waals surface area (Å²) in [7, 11) is 0. The van der Waals surface area contributed by atoms with Gasteiger partial charge in [-0.05, 0) is 24.4 Å². The van der Waals surface area contributed by atoms with Gasteiger partial charge in [-0.25, -0.2) is 5.84 Å². The lowest BCUT2D eigenvalue weighted by atomic mass is 10.3. The maximum atomic E-state index is 5.04. The molecule has 0 bridgehead atoms. The van der Waals surface area contributed by atoms with Crippen molar-refractivity contribution in [3.05, 3.63) is 30.3 Å². The van der Waals surface area contributed by atoms with Crippen LogP contribution in [0, 0.1) is 0 Å². The molecular weight excluding hydrogens is 172 g/mol. The summed E-state index contributed by atoms with van der Waals surface area (Å²) in [4.78, 5) is 0. The number of benzene rings is 1. The second-order valence-electron chi connectivity index (χ2n) is 2.09. The molecule has 0 unspecified atom stereocenters. The number of para-hydroxylation sites is 1. The zero-order valence-electron chi connectivity index (χ0n) is 6.37. The summed E-state index contributed by atoms with van der Waals surface area (Å²) in [6, 6.07) is 9.59. The molecule has 0 atom stereocenters. The first-order valence-corrected chi connectivity index (χ1v) is 3.81. The van der Waals surface area contributed by atoms with Gasteiger partial charge in [-0.1, -0.05) is 18.2 Å². The Morgan fingerprint density at radius 1 is 1.25 bits per heavy atom. The van der Waals surface area contributed by atoms with Gasteiger partial charge in [-0.3, -0.25) is 16.3 Å². The van der Waals surface area contributed by atoms with Crippen LogP contribution in [0.25, 0.3) is 0 Å². The molecule has 4 nitrogen and oxygen atoms in total. The predicted octanol–water partition coefficient (Wildman–Crippen LogP) is 0.351. The van der Waals surface area contributed by atoms with Gasteiger partial charge in [0.05, 0.1) is 5.69 Å². The molecule has 0 spiro atoms. The largest absolute Gasteiger partial charge is 0.300 e. The number of hydrogen-bond donors (Lipinski definition) is 4. The zero-order valence-corrected chi connectivity index (χ0v) is 7.19. The molecule has 0 aliphatic rings. The average molecular weight is 182 g/mol. The van der Waals surface area contributed by atoms with Gasteiger partial charge in [0, 0.05) is 0 Å². The lowest BCUT2D eigenvalue weighted by Gasteiger charge is -2.08. The molecule has 0 saturated carbocycles. The van der Waals surface area contributed by atoms with E-state index in [1.165, 1.54) is 0 Å². The van der Waals surface area contributed by atoms with Crippen molar-refractivity contribution in [1.29, 1.82) is 0 Å². The number of hydrogen-bond acceptors (Lipinski definition) is 3. The monoisotopic (exact) mass is 182 g/mol. The molecule has 64 valence electrons. The Labute approximate surface area is 76.1 Å². The van der Waals surface area contributed by atoms with Gasteiger partial charge in [0.15, 0.2) is 5.11 Å². The molecule has 0 saturated heterocycles. The van der Waals surface area contributed by atoms with E-state index in [0.717, 1.165) is 5.69 Å². The summed E-state index contributed by atoms with van der Waals surface area (Å²) in [5.74, 6) is 5.04. The van der Waals surface area contributed by atoms with Crippen molar-refractivity contribution in [3.63, 3.8) is 0 Å². The molecule has 0 aliphatic heterocycles. The van der Waals surface area contributed by atoms with Gasteiger partial charge in [0.2, 0.25) is 0 Å². The highest BCUT2D eigenvalue weighted by atomic mass is 32.1. The zero-order chi connectivity index (χ0) is 8.81. The minimum atomic E-state index is 0.346. The Bertz CT molecular complexity index is 249. The Morgan fingerprint density at radius 3 is 2.50 bits per heavy atom. The van der Waals surface area contributed by atoms with Gasteiger partial charge in [-0.2, -0.15) is 0 Å². The Hall–Kier alpha value is -1.33. The molecule has 0 radical (unpaired) electrons. The van der Waals surface area contributed by atoms with E-state index in [1.54, 1.807) is 0 Å². The topological polar surface area (TPSA) is 62.1 Å². The summed E-state index contributed by atoms with van der Waals surface area (Å²) < 4.78 is 0. The maximum Gasteiger partial charge on any atom is 0.199 e. The molecule has 1 aromatic rings. The number of nitrogens with two attached hydrogens (primary N) is 1. The van der Waals surface area contributed by atoms with E-state index in [1.807, 2.05) is 30.3 Å². The third-order valence-corrected chi connectivity index (χ3v) is 1.45. The van der Waals surface area contributed by atoms with Gasteiger partial charge in [0.1, 0.15) is 0 Å². The Kier molecular flexibility index (Phi) is 3.31. The lowest BCUT2D eigenvalue weighted by Crippen LogP contribution is -2.42. The minimum absolute atomic E-state index is 0.346. The van der Waals surface area contributed by atoms with Crippen LogP contribution in [0.3, 0.4) is 0 Å². The fourth-order valence-electron chi connectivity index (χ4n) is 0.687. The highest BCUT2D eigenvalue weighted by Gasteiger charge is 1.89. The normalized spacial score (nSPS) is 8.75. The Balaban J connectivity index is 2.38. The third-order valence-electron chi connectivity index (χ3n) is 1.23. The van der Waals surface area contributed by atoms with Gasteiger partial charge >= 0.3 is 0 Å². The second-order valence-corrected chi connectivity index (χ2v) is 2.50. The first-order chi connectivity index (χ1) is 5.83. The molecule has 1 rings (SSSR count). The first kappa shape index (κ1) is 8.76. The minimum Gasteiger partial charge on any atom is -0.300 e. The van der Waals surface area contributed by atoms with Crippen molar-refractivity contribution < 1.29 is 0 Å². The van der Waals surface area contributed by atoms with Crippen LogP contribution in [0.1, 0.15) is 0 Å². The highest BCUT2D eigenvalue weighted by molar-refractivity contribution is 7.80. The molecule has 0 fully saturated rings. The fourth-order valence-corrected chi connectivity index (χ4v) is 0.738. The molecule has 0 aliphatic carbocycles. The van der Waals surface area contributed by atoms with Crippen LogP contribution in [0.5, 0.6) is 0 Å². The predicted molar refractivity (Wildman–Crippen MR) is 53.1 cm³/mol. The number of thiocarbonyl (C=S) groups is 1. The summed E-state index contributed by atoms with van der Waals surface area (Å²) in [5.41, 5.74) is 8.77. The highest BCUT2D eigenvalue weighted by Crippen LogP contribution is 2.01. The summed E-state index contributed by atoms with van der Waals surface area (Å²) >= 11 is 4.74. The standard InChI is InChI=1S/C7H10N4S/c8-9-7(12)11-10-6-4-2-1-3-5-6/h1-5,10H,8H2,(H2,9,11,12). The summed E-state index contributed by atoms with van der Waals surface area (Å²) in [6.07, 6.45) is 0. The van der Waals surface area contributed by atoms with E-state index in [2.05, 4.69) is 16.3 Å². The van der Waals surface area contributed by atoms with E-state index in [4.69, 9.17) is 18.1 Å². The van der Waals surface area contributed by atoms with Crippen molar-refractivity contribution in [2.75, 3.05) is 5.43 Å². The van der Waals surface area contributed by atoms with Gasteiger partial charge in [0.25, 0.3) is 0 Å². The average Bonchev–Trinajstić information content (AvgIpc) is 2.16.